The van der Waals surface area contributed by atoms with Crippen molar-refractivity contribution < 1.29 is 14.3 Å². The Bertz CT molecular complexity index is 556. The second kappa shape index (κ2) is 9.27. The molecule has 1 aliphatic rings. The molecule has 0 aliphatic carbocycles. The van der Waals surface area contributed by atoms with Crippen LogP contribution in [0.4, 0.5) is 5.69 Å². The van der Waals surface area contributed by atoms with Gasteiger partial charge in [0.15, 0.2) is 0 Å². The third-order valence-electron chi connectivity index (χ3n) is 4.24. The minimum Gasteiger partial charge on any atom is -0.497 e. The van der Waals surface area contributed by atoms with E-state index in [0.29, 0.717) is 24.5 Å². The highest BCUT2D eigenvalue weighted by molar-refractivity contribution is 5.92. The van der Waals surface area contributed by atoms with Crippen LogP contribution in [-0.4, -0.2) is 61.4 Å². The van der Waals surface area contributed by atoms with Crippen molar-refractivity contribution in [3.8, 4) is 5.75 Å². The summed E-state index contributed by atoms with van der Waals surface area (Å²) in [6.45, 7) is 4.79. The number of amides is 2. The lowest BCUT2D eigenvalue weighted by Crippen LogP contribution is -2.44. The van der Waals surface area contributed by atoms with E-state index in [1.165, 1.54) is 6.42 Å². The number of piperidine rings is 1. The van der Waals surface area contributed by atoms with Gasteiger partial charge in [0.05, 0.1) is 20.2 Å². The number of likely N-dealkylation sites (N-methyl/N-ethyl adjacent to an activating group) is 1. The predicted octanol–water partition coefficient (Wildman–Crippen LogP) is 1.97. The molecule has 0 spiro atoms. The van der Waals surface area contributed by atoms with E-state index in [1.807, 2.05) is 34.9 Å². The van der Waals surface area contributed by atoms with Gasteiger partial charge >= 0.3 is 0 Å². The number of nitrogens with zero attached hydrogens (tertiary/aromatic N) is 2. The third-order valence-corrected chi connectivity index (χ3v) is 4.24. The molecule has 0 saturated carbocycles. The maximum Gasteiger partial charge on any atom is 0.238 e. The van der Waals surface area contributed by atoms with E-state index in [1.54, 1.807) is 13.2 Å². The molecule has 0 radical (unpaired) electrons. The molecule has 1 aromatic carbocycles. The maximum atomic E-state index is 12.3. The minimum absolute atomic E-state index is 0.116. The summed E-state index contributed by atoms with van der Waals surface area (Å²) in [5.74, 6) is 0.683. The summed E-state index contributed by atoms with van der Waals surface area (Å²) in [6, 6.07) is 7.24. The minimum atomic E-state index is -0.128. The van der Waals surface area contributed by atoms with Gasteiger partial charge in [-0.1, -0.05) is 13.0 Å². The highest BCUT2D eigenvalue weighted by Crippen LogP contribution is 2.16. The molecule has 0 unspecified atom stereocenters. The van der Waals surface area contributed by atoms with Gasteiger partial charge in [-0.2, -0.15) is 0 Å². The Kier molecular flexibility index (Phi) is 7.06. The fraction of sp³-hybridized carbons (Fsp3) is 0.556. The Morgan fingerprint density at radius 1 is 1.21 bits per heavy atom. The van der Waals surface area contributed by atoms with Crippen molar-refractivity contribution in [1.29, 1.82) is 0 Å². The second-order valence-corrected chi connectivity index (χ2v) is 6.02. The summed E-state index contributed by atoms with van der Waals surface area (Å²) in [6.07, 6.45) is 3.35. The molecule has 1 heterocycles. The standard InChI is InChI=1S/C18H27N3O3/c1-3-20(14-18(23)21-10-5-4-6-11-21)13-17(22)19-15-8-7-9-16(12-15)24-2/h7-9,12H,3-6,10-11,13-14H2,1-2H3,(H,19,22). The zero-order chi connectivity index (χ0) is 17.4. The summed E-state index contributed by atoms with van der Waals surface area (Å²) in [4.78, 5) is 28.3. The van der Waals surface area contributed by atoms with Crippen molar-refractivity contribution in [2.45, 2.75) is 26.2 Å². The Morgan fingerprint density at radius 3 is 2.62 bits per heavy atom. The Balaban J connectivity index is 1.84. The molecular weight excluding hydrogens is 306 g/mol. The van der Waals surface area contributed by atoms with Gasteiger partial charge in [0.25, 0.3) is 0 Å². The van der Waals surface area contributed by atoms with Crippen LogP contribution in [0.2, 0.25) is 0 Å². The lowest BCUT2D eigenvalue weighted by molar-refractivity contribution is -0.133. The van der Waals surface area contributed by atoms with E-state index < -0.39 is 0 Å². The molecule has 0 bridgehead atoms. The Labute approximate surface area is 143 Å². The number of hydrogen-bond acceptors (Lipinski definition) is 4. The molecule has 1 fully saturated rings. The summed E-state index contributed by atoms with van der Waals surface area (Å²) >= 11 is 0. The van der Waals surface area contributed by atoms with Crippen molar-refractivity contribution >= 4 is 17.5 Å². The molecule has 1 aromatic rings. The van der Waals surface area contributed by atoms with Crippen LogP contribution in [0, 0.1) is 0 Å². The molecule has 0 aromatic heterocycles. The molecule has 1 aliphatic heterocycles. The first kappa shape index (κ1) is 18.3. The molecule has 2 amide bonds. The van der Waals surface area contributed by atoms with Gasteiger partial charge in [-0.15, -0.1) is 0 Å². The number of nitrogens with one attached hydrogen (secondary N) is 1. The van der Waals surface area contributed by atoms with E-state index >= 15 is 0 Å². The van der Waals surface area contributed by atoms with Crippen LogP contribution in [0.5, 0.6) is 5.75 Å². The zero-order valence-electron chi connectivity index (χ0n) is 14.6. The van der Waals surface area contributed by atoms with Gasteiger partial charge in [-0.25, -0.2) is 0 Å². The first-order valence-corrected chi connectivity index (χ1v) is 8.56. The van der Waals surface area contributed by atoms with E-state index in [9.17, 15) is 9.59 Å². The monoisotopic (exact) mass is 333 g/mol. The van der Waals surface area contributed by atoms with Gasteiger partial charge in [-0.05, 0) is 37.9 Å². The van der Waals surface area contributed by atoms with E-state index in [4.69, 9.17) is 4.74 Å². The summed E-state index contributed by atoms with van der Waals surface area (Å²) in [5, 5.41) is 2.85. The van der Waals surface area contributed by atoms with Crippen LogP contribution in [0.1, 0.15) is 26.2 Å². The van der Waals surface area contributed by atoms with E-state index in [0.717, 1.165) is 25.9 Å². The van der Waals surface area contributed by atoms with Gasteiger partial charge in [0.2, 0.25) is 11.8 Å². The number of likely N-dealkylation sites (tertiary alicyclic amines) is 1. The van der Waals surface area contributed by atoms with Gasteiger partial charge in [0, 0.05) is 24.8 Å². The summed E-state index contributed by atoms with van der Waals surface area (Å²) < 4.78 is 5.15. The zero-order valence-corrected chi connectivity index (χ0v) is 14.6. The number of methoxy groups -OCH3 is 1. The highest BCUT2D eigenvalue weighted by Gasteiger charge is 2.20. The smallest absolute Gasteiger partial charge is 0.238 e. The molecule has 6 heteroatoms. The number of rotatable bonds is 7. The van der Waals surface area contributed by atoms with Gasteiger partial charge in [0.1, 0.15) is 5.75 Å². The fourth-order valence-corrected chi connectivity index (χ4v) is 2.82. The first-order valence-electron chi connectivity index (χ1n) is 8.56. The average Bonchev–Trinajstić information content (AvgIpc) is 2.61. The number of anilines is 1. The van der Waals surface area contributed by atoms with Crippen molar-refractivity contribution in [3.63, 3.8) is 0 Å². The normalized spacial score (nSPS) is 14.5. The number of carbonyl (C=O) groups is 2. The van der Waals surface area contributed by atoms with Crippen LogP contribution in [0.25, 0.3) is 0 Å². The summed E-state index contributed by atoms with van der Waals surface area (Å²) in [7, 11) is 1.59. The Hall–Kier alpha value is -2.08. The second-order valence-electron chi connectivity index (χ2n) is 6.02. The highest BCUT2D eigenvalue weighted by atomic mass is 16.5. The Morgan fingerprint density at radius 2 is 1.96 bits per heavy atom. The molecular formula is C18H27N3O3. The lowest BCUT2D eigenvalue weighted by atomic mass is 10.1. The molecule has 1 saturated heterocycles. The number of hydrogen-bond donors (Lipinski definition) is 1. The van der Waals surface area contributed by atoms with Crippen molar-refractivity contribution in [3.05, 3.63) is 24.3 Å². The van der Waals surface area contributed by atoms with Gasteiger partial charge in [-0.3, -0.25) is 14.5 Å². The molecule has 1 N–H and O–H groups in total. The largest absolute Gasteiger partial charge is 0.497 e. The third kappa shape index (κ3) is 5.53. The molecule has 132 valence electrons. The van der Waals surface area contributed by atoms with Crippen molar-refractivity contribution in [2.24, 2.45) is 0 Å². The topological polar surface area (TPSA) is 61.9 Å². The van der Waals surface area contributed by atoms with Crippen LogP contribution < -0.4 is 10.1 Å². The number of benzene rings is 1. The van der Waals surface area contributed by atoms with Crippen LogP contribution >= 0.6 is 0 Å². The first-order chi connectivity index (χ1) is 11.6. The van der Waals surface area contributed by atoms with Crippen LogP contribution in [0.3, 0.4) is 0 Å². The predicted molar refractivity (Wildman–Crippen MR) is 94.2 cm³/mol. The SMILES string of the molecule is CCN(CC(=O)Nc1cccc(OC)c1)CC(=O)N1CCCCC1. The molecule has 2 rings (SSSR count). The van der Waals surface area contributed by atoms with Crippen LogP contribution in [0.15, 0.2) is 24.3 Å². The number of ether oxygens (including phenoxy) is 1. The quantitative estimate of drug-likeness (QED) is 0.829. The fourth-order valence-electron chi connectivity index (χ4n) is 2.82. The van der Waals surface area contributed by atoms with Gasteiger partial charge < -0.3 is 15.0 Å². The lowest BCUT2D eigenvalue weighted by Gasteiger charge is -2.29. The van der Waals surface area contributed by atoms with E-state index in [2.05, 4.69) is 5.32 Å². The summed E-state index contributed by atoms with van der Waals surface area (Å²) in [5.41, 5.74) is 0.692. The number of carbonyl (C=O) groups excluding carboxylic acids is 2. The average molecular weight is 333 g/mol. The van der Waals surface area contributed by atoms with Crippen LogP contribution in [-0.2, 0) is 9.59 Å². The maximum absolute atomic E-state index is 12.3. The van der Waals surface area contributed by atoms with Crippen molar-refractivity contribution in [1.82, 2.24) is 9.80 Å². The van der Waals surface area contributed by atoms with Crippen molar-refractivity contribution in [2.75, 3.05) is 45.2 Å². The molecule has 24 heavy (non-hydrogen) atoms. The molecule has 0 atom stereocenters. The van der Waals surface area contributed by atoms with E-state index in [-0.39, 0.29) is 18.4 Å². The molecule has 6 nitrogen and oxygen atoms in total.